The van der Waals surface area contributed by atoms with Gasteiger partial charge in [-0.05, 0) is 13.3 Å². The molecular weight excluding hydrogens is 312 g/mol. The highest BCUT2D eigenvalue weighted by molar-refractivity contribution is 7.99. The Morgan fingerprint density at radius 3 is 2.61 bits per heavy atom. The number of aromatic nitrogens is 4. The minimum Gasteiger partial charge on any atom is -0.340 e. The Morgan fingerprint density at radius 1 is 1.22 bits per heavy atom. The summed E-state index contributed by atoms with van der Waals surface area (Å²) in [5.41, 5.74) is 1.18. The molecule has 7 nitrogen and oxygen atoms in total. The summed E-state index contributed by atoms with van der Waals surface area (Å²) in [7, 11) is 1.80. The summed E-state index contributed by atoms with van der Waals surface area (Å²) in [6.45, 7) is 8.58. The average molecular weight is 336 g/mol. The molecule has 0 bridgehead atoms. The molecule has 23 heavy (non-hydrogen) atoms. The van der Waals surface area contributed by atoms with E-state index in [-0.39, 0.29) is 5.56 Å². The van der Waals surface area contributed by atoms with Gasteiger partial charge in [-0.2, -0.15) is 4.98 Å². The molecule has 0 amide bonds. The topological polar surface area (TPSA) is 68.0 Å². The van der Waals surface area contributed by atoms with Gasteiger partial charge in [-0.3, -0.25) is 9.36 Å². The Bertz CT molecular complexity index is 746. The first-order chi connectivity index (χ1) is 11.2. The van der Waals surface area contributed by atoms with E-state index < -0.39 is 0 Å². The normalized spacial score (nSPS) is 15.5. The lowest BCUT2D eigenvalue weighted by atomic mass is 10.4. The van der Waals surface area contributed by atoms with Crippen LogP contribution in [0.2, 0.25) is 0 Å². The van der Waals surface area contributed by atoms with Crippen LogP contribution in [0.3, 0.4) is 0 Å². The second-order valence-electron chi connectivity index (χ2n) is 5.67. The van der Waals surface area contributed by atoms with Crippen LogP contribution in [0.5, 0.6) is 0 Å². The third-order valence-corrected chi connectivity index (χ3v) is 5.31. The molecule has 2 aromatic heterocycles. The predicted octanol–water partition coefficient (Wildman–Crippen LogP) is 1.06. The van der Waals surface area contributed by atoms with Crippen LogP contribution < -0.4 is 15.8 Å². The largest absolute Gasteiger partial charge is 0.340 e. The fraction of sp³-hybridized carbons (Fsp3) is 0.667. The van der Waals surface area contributed by atoms with Gasteiger partial charge < -0.3 is 14.8 Å². The van der Waals surface area contributed by atoms with Gasteiger partial charge in [-0.1, -0.05) is 18.7 Å². The number of nitrogens with one attached hydrogen (secondary N) is 1. The van der Waals surface area contributed by atoms with Crippen molar-refractivity contribution in [2.75, 3.05) is 36.8 Å². The molecule has 0 aromatic carbocycles. The Hall–Kier alpha value is -1.54. The molecule has 8 heteroatoms. The van der Waals surface area contributed by atoms with E-state index in [1.54, 1.807) is 23.4 Å². The second kappa shape index (κ2) is 6.92. The summed E-state index contributed by atoms with van der Waals surface area (Å²) in [5, 5.41) is 4.09. The standard InChI is InChI=1S/C15H24N6OS/c1-4-10-23-15-18-12-11(13(22)19(15)3)21(5-2)14(17-12)20-8-6-16-7-9-20/h16H,4-10H2,1-3H3. The number of piperazine rings is 1. The number of nitrogens with zero attached hydrogens (tertiary/aromatic N) is 5. The zero-order valence-electron chi connectivity index (χ0n) is 14.0. The van der Waals surface area contributed by atoms with E-state index in [2.05, 4.69) is 22.1 Å². The molecular formula is C15H24N6OS. The van der Waals surface area contributed by atoms with Gasteiger partial charge >= 0.3 is 0 Å². The van der Waals surface area contributed by atoms with Gasteiger partial charge in [-0.25, -0.2) is 4.98 Å². The van der Waals surface area contributed by atoms with E-state index in [4.69, 9.17) is 4.98 Å². The highest BCUT2D eigenvalue weighted by Crippen LogP contribution is 2.22. The maximum Gasteiger partial charge on any atom is 0.280 e. The third-order valence-electron chi connectivity index (χ3n) is 4.08. The van der Waals surface area contributed by atoms with Crippen molar-refractivity contribution in [2.45, 2.75) is 32.0 Å². The summed E-state index contributed by atoms with van der Waals surface area (Å²) < 4.78 is 3.66. The molecule has 0 atom stereocenters. The molecule has 0 unspecified atom stereocenters. The molecule has 1 fully saturated rings. The van der Waals surface area contributed by atoms with Gasteiger partial charge in [0.1, 0.15) is 0 Å². The first kappa shape index (κ1) is 16.3. The maximum absolute atomic E-state index is 12.8. The van der Waals surface area contributed by atoms with E-state index in [0.717, 1.165) is 49.5 Å². The zero-order chi connectivity index (χ0) is 16.4. The molecule has 126 valence electrons. The van der Waals surface area contributed by atoms with E-state index in [9.17, 15) is 4.79 Å². The summed E-state index contributed by atoms with van der Waals surface area (Å²) in [6.07, 6.45) is 1.05. The van der Waals surface area contributed by atoms with Gasteiger partial charge in [0, 0.05) is 45.5 Å². The van der Waals surface area contributed by atoms with E-state index >= 15 is 0 Å². The van der Waals surface area contributed by atoms with Crippen molar-refractivity contribution in [1.29, 1.82) is 0 Å². The van der Waals surface area contributed by atoms with Crippen LogP contribution in [0.1, 0.15) is 20.3 Å². The number of rotatable bonds is 5. The summed E-state index contributed by atoms with van der Waals surface area (Å²) in [5.74, 6) is 1.82. The van der Waals surface area contributed by atoms with Crippen molar-refractivity contribution in [3.8, 4) is 0 Å². The number of thioether (sulfide) groups is 1. The first-order valence-corrected chi connectivity index (χ1v) is 9.21. The van der Waals surface area contributed by atoms with Gasteiger partial charge in [0.15, 0.2) is 16.3 Å². The van der Waals surface area contributed by atoms with Crippen molar-refractivity contribution in [1.82, 2.24) is 24.4 Å². The lowest BCUT2D eigenvalue weighted by Crippen LogP contribution is -2.44. The highest BCUT2D eigenvalue weighted by Gasteiger charge is 2.22. The lowest BCUT2D eigenvalue weighted by Gasteiger charge is -2.28. The van der Waals surface area contributed by atoms with E-state index in [1.807, 2.05) is 11.5 Å². The number of fused-ring (bicyclic) bond motifs is 1. The fourth-order valence-electron chi connectivity index (χ4n) is 2.86. The monoisotopic (exact) mass is 336 g/mol. The lowest BCUT2D eigenvalue weighted by molar-refractivity contribution is 0.569. The van der Waals surface area contributed by atoms with Crippen LogP contribution in [0.25, 0.3) is 11.2 Å². The van der Waals surface area contributed by atoms with Crippen LogP contribution >= 0.6 is 11.8 Å². The van der Waals surface area contributed by atoms with Crippen LogP contribution in [-0.2, 0) is 13.6 Å². The van der Waals surface area contributed by atoms with Crippen molar-refractivity contribution in [3.63, 3.8) is 0 Å². The van der Waals surface area contributed by atoms with Crippen LogP contribution in [-0.4, -0.2) is 51.0 Å². The molecule has 1 saturated heterocycles. The number of anilines is 1. The Kier molecular flexibility index (Phi) is 4.91. The minimum atomic E-state index is -0.00987. The summed E-state index contributed by atoms with van der Waals surface area (Å²) >= 11 is 1.61. The van der Waals surface area contributed by atoms with Crippen LogP contribution in [0.4, 0.5) is 5.95 Å². The van der Waals surface area contributed by atoms with Gasteiger partial charge in [-0.15, -0.1) is 0 Å². The summed E-state index contributed by atoms with van der Waals surface area (Å²) in [4.78, 5) is 24.4. The minimum absolute atomic E-state index is 0.00987. The average Bonchev–Trinajstić information content (AvgIpc) is 2.96. The van der Waals surface area contributed by atoms with Crippen molar-refractivity contribution in [3.05, 3.63) is 10.4 Å². The predicted molar refractivity (Wildman–Crippen MR) is 94.5 cm³/mol. The molecule has 2 aromatic rings. The molecule has 0 spiro atoms. The third kappa shape index (κ3) is 2.97. The maximum atomic E-state index is 12.8. The number of imidazole rings is 1. The number of aryl methyl sites for hydroxylation is 1. The first-order valence-electron chi connectivity index (χ1n) is 8.23. The highest BCUT2D eigenvalue weighted by atomic mass is 32.2. The van der Waals surface area contributed by atoms with Crippen molar-refractivity contribution in [2.24, 2.45) is 7.05 Å². The van der Waals surface area contributed by atoms with Gasteiger partial charge in [0.2, 0.25) is 5.95 Å². The van der Waals surface area contributed by atoms with Gasteiger partial charge in [0.25, 0.3) is 5.56 Å². The molecule has 1 N–H and O–H groups in total. The zero-order valence-corrected chi connectivity index (χ0v) is 14.8. The molecule has 0 radical (unpaired) electrons. The molecule has 3 rings (SSSR count). The SMILES string of the molecule is CCCSc1nc2nc(N3CCNCC3)n(CC)c2c(=O)n1C. The Labute approximate surface area is 140 Å². The Balaban J connectivity index is 2.12. The van der Waals surface area contributed by atoms with Crippen LogP contribution in [0.15, 0.2) is 9.95 Å². The molecule has 1 aliphatic heterocycles. The second-order valence-corrected chi connectivity index (χ2v) is 6.73. The molecule has 0 aliphatic carbocycles. The number of hydrogen-bond donors (Lipinski definition) is 1. The molecule has 0 saturated carbocycles. The smallest absolute Gasteiger partial charge is 0.280 e. The van der Waals surface area contributed by atoms with E-state index in [0.29, 0.717) is 17.7 Å². The quantitative estimate of drug-likeness (QED) is 0.650. The van der Waals surface area contributed by atoms with Gasteiger partial charge in [0.05, 0.1) is 0 Å². The van der Waals surface area contributed by atoms with Crippen molar-refractivity contribution >= 4 is 28.9 Å². The molecule has 1 aliphatic rings. The summed E-state index contributed by atoms with van der Waals surface area (Å²) in [6, 6.07) is 0. The van der Waals surface area contributed by atoms with Crippen LogP contribution in [0, 0.1) is 0 Å². The Morgan fingerprint density at radius 2 is 1.96 bits per heavy atom. The molecule has 3 heterocycles. The van der Waals surface area contributed by atoms with Crippen molar-refractivity contribution < 1.29 is 0 Å². The number of hydrogen-bond acceptors (Lipinski definition) is 6. The van der Waals surface area contributed by atoms with E-state index in [1.165, 1.54) is 0 Å². The fourth-order valence-corrected chi connectivity index (χ4v) is 3.67.